The summed E-state index contributed by atoms with van der Waals surface area (Å²) in [6.45, 7) is 5.05. The van der Waals surface area contributed by atoms with Crippen LogP contribution in [0.1, 0.15) is 31.7 Å². The van der Waals surface area contributed by atoms with Gasteiger partial charge in [-0.3, -0.25) is 9.88 Å². The summed E-state index contributed by atoms with van der Waals surface area (Å²) in [5, 5.41) is 12.0. The van der Waals surface area contributed by atoms with Crippen LogP contribution >= 0.6 is 0 Å². The van der Waals surface area contributed by atoms with Crippen LogP contribution in [0.4, 0.5) is 19.0 Å². The van der Waals surface area contributed by atoms with Crippen LogP contribution in [0, 0.1) is 11.6 Å². The number of aromatic nitrogens is 3. The number of aromatic hydroxyl groups is 1. The minimum atomic E-state index is -0.919. The first kappa shape index (κ1) is 28.7. The smallest absolute Gasteiger partial charge is 0.319 e. The zero-order valence-corrected chi connectivity index (χ0v) is 24.9. The number of aryl methyl sites for hydroxylation is 1. The van der Waals surface area contributed by atoms with Crippen molar-refractivity contribution in [2.24, 2.45) is 0 Å². The lowest BCUT2D eigenvalue weighted by Crippen LogP contribution is -2.54. The average molecular weight is 622 g/mol. The van der Waals surface area contributed by atoms with E-state index in [4.69, 9.17) is 19.2 Å². The van der Waals surface area contributed by atoms with Gasteiger partial charge >= 0.3 is 6.01 Å². The Balaban J connectivity index is 1.27. The van der Waals surface area contributed by atoms with Crippen LogP contribution < -0.4 is 9.64 Å². The van der Waals surface area contributed by atoms with Gasteiger partial charge in [0.25, 0.3) is 0 Å². The van der Waals surface area contributed by atoms with Crippen LogP contribution in [0.25, 0.3) is 32.9 Å². The summed E-state index contributed by atoms with van der Waals surface area (Å²) in [6.07, 6.45) is 2.78. The van der Waals surface area contributed by atoms with Gasteiger partial charge < -0.3 is 24.2 Å². The first-order chi connectivity index (χ1) is 21.8. The SMILES string of the molecule is CCc1c(F)ccc2cc(O)cc(-c3ncc4c(N5C[C@H]6COC[C@@H](C5)O6)nc(OC[C@@]56CCCN5C[C@H](F)C6)nc4c3F)c12. The molecule has 2 aromatic carbocycles. The fraction of sp³-hybridized carbons (Fsp3) is 0.485. The third kappa shape index (κ3) is 4.85. The maximum absolute atomic E-state index is 16.8. The van der Waals surface area contributed by atoms with Gasteiger partial charge in [0.15, 0.2) is 5.82 Å². The molecule has 1 N–H and O–H groups in total. The van der Waals surface area contributed by atoms with Crippen LogP contribution in [0.2, 0.25) is 0 Å². The Hall–Kier alpha value is -3.74. The molecule has 45 heavy (non-hydrogen) atoms. The monoisotopic (exact) mass is 621 g/mol. The molecule has 4 fully saturated rings. The second-order valence-corrected chi connectivity index (χ2v) is 12.7. The van der Waals surface area contributed by atoms with Crippen molar-refractivity contribution in [1.82, 2.24) is 19.9 Å². The summed E-state index contributed by atoms with van der Waals surface area (Å²) in [5.41, 5.74) is 0.162. The standard InChI is InChI=1S/C33H34F3N5O4/c1-2-23-26(35)5-4-18-8-20(42)9-24(27(18)23)29-28(36)30-25(11-37-29)31(40-13-21-15-43-16-22(14-40)45-21)39-32(38-30)44-17-33-6-3-7-41(33)12-19(34)10-33/h4-5,8-9,11,19,21-22,42H,2-3,6-7,10,12-17H2,1H3/t19-,21-,22+,33+/m1/s1. The Morgan fingerprint density at radius 2 is 1.93 bits per heavy atom. The van der Waals surface area contributed by atoms with Crippen molar-refractivity contribution >= 4 is 27.5 Å². The number of rotatable bonds is 6. The molecular formula is C33H34F3N5O4. The molecule has 6 heterocycles. The Labute approximate surface area is 257 Å². The number of hydrogen-bond donors (Lipinski definition) is 1. The Bertz CT molecular complexity index is 1800. The number of phenolic OH excluding ortho intramolecular Hbond substituents is 1. The molecule has 0 unspecified atom stereocenters. The molecule has 2 bridgehead atoms. The van der Waals surface area contributed by atoms with Gasteiger partial charge in [-0.2, -0.15) is 9.97 Å². The quantitative estimate of drug-likeness (QED) is 0.321. The average Bonchev–Trinajstić information content (AvgIpc) is 3.55. The van der Waals surface area contributed by atoms with Gasteiger partial charge in [-0.15, -0.1) is 0 Å². The molecule has 4 aliphatic heterocycles. The third-order valence-corrected chi connectivity index (χ3v) is 9.78. The van der Waals surface area contributed by atoms with Crippen molar-refractivity contribution in [3.05, 3.63) is 47.7 Å². The van der Waals surface area contributed by atoms with E-state index in [1.54, 1.807) is 6.07 Å². The second-order valence-electron chi connectivity index (χ2n) is 12.7. The fourth-order valence-electron chi connectivity index (χ4n) is 7.81. The van der Waals surface area contributed by atoms with Gasteiger partial charge in [0.1, 0.15) is 41.4 Å². The minimum Gasteiger partial charge on any atom is -0.508 e. The highest BCUT2D eigenvalue weighted by atomic mass is 19.1. The zero-order chi connectivity index (χ0) is 30.9. The Kier molecular flexibility index (Phi) is 6.99. The molecule has 0 saturated carbocycles. The van der Waals surface area contributed by atoms with Crippen LogP contribution in [-0.4, -0.2) is 94.9 Å². The molecule has 0 aliphatic carbocycles. The lowest BCUT2D eigenvalue weighted by atomic mass is 9.94. The van der Waals surface area contributed by atoms with Crippen molar-refractivity contribution in [3.63, 3.8) is 0 Å². The largest absolute Gasteiger partial charge is 0.508 e. The fourth-order valence-corrected chi connectivity index (χ4v) is 7.81. The first-order valence-electron chi connectivity index (χ1n) is 15.6. The molecule has 236 valence electrons. The van der Waals surface area contributed by atoms with E-state index < -0.39 is 23.3 Å². The Morgan fingerprint density at radius 1 is 1.11 bits per heavy atom. The molecule has 0 amide bonds. The van der Waals surface area contributed by atoms with Crippen molar-refractivity contribution in [3.8, 4) is 23.0 Å². The number of hydrogen-bond acceptors (Lipinski definition) is 9. The molecule has 4 aromatic rings. The molecule has 0 radical (unpaired) electrons. The van der Waals surface area contributed by atoms with Gasteiger partial charge in [-0.1, -0.05) is 13.0 Å². The topological polar surface area (TPSA) is 93.1 Å². The number of nitrogens with zero attached hydrogens (tertiary/aromatic N) is 5. The van der Waals surface area contributed by atoms with E-state index >= 15 is 4.39 Å². The summed E-state index contributed by atoms with van der Waals surface area (Å²) < 4.78 is 64.2. The number of ether oxygens (including phenoxy) is 3. The van der Waals surface area contributed by atoms with E-state index in [1.165, 1.54) is 24.4 Å². The number of phenols is 1. The summed E-state index contributed by atoms with van der Waals surface area (Å²) in [4.78, 5) is 18.0. The Morgan fingerprint density at radius 3 is 2.73 bits per heavy atom. The van der Waals surface area contributed by atoms with Crippen LogP contribution in [0.5, 0.6) is 11.8 Å². The first-order valence-corrected chi connectivity index (χ1v) is 15.6. The van der Waals surface area contributed by atoms with Crippen molar-refractivity contribution in [1.29, 1.82) is 0 Å². The predicted molar refractivity (Wildman–Crippen MR) is 161 cm³/mol. The van der Waals surface area contributed by atoms with E-state index in [2.05, 4.69) is 14.9 Å². The zero-order valence-electron chi connectivity index (χ0n) is 24.9. The summed E-state index contributed by atoms with van der Waals surface area (Å²) >= 11 is 0. The van der Waals surface area contributed by atoms with Gasteiger partial charge in [0.2, 0.25) is 0 Å². The lowest BCUT2D eigenvalue weighted by Gasteiger charge is -2.42. The number of pyridine rings is 1. The van der Waals surface area contributed by atoms with Crippen LogP contribution in [0.15, 0.2) is 30.5 Å². The van der Waals surface area contributed by atoms with E-state index in [-0.39, 0.29) is 47.3 Å². The molecule has 0 spiro atoms. The third-order valence-electron chi connectivity index (χ3n) is 9.78. The minimum absolute atomic E-state index is 0.00517. The number of morpholine rings is 1. The number of halogens is 3. The lowest BCUT2D eigenvalue weighted by molar-refractivity contribution is -0.144. The van der Waals surface area contributed by atoms with E-state index in [0.717, 1.165) is 19.4 Å². The van der Waals surface area contributed by atoms with Crippen LogP contribution in [-0.2, 0) is 15.9 Å². The maximum Gasteiger partial charge on any atom is 0.319 e. The van der Waals surface area contributed by atoms with E-state index in [0.29, 0.717) is 73.2 Å². The summed E-state index contributed by atoms with van der Waals surface area (Å²) in [7, 11) is 0. The highest BCUT2D eigenvalue weighted by Gasteiger charge is 2.49. The normalized spacial score (nSPS) is 26.6. The van der Waals surface area contributed by atoms with Crippen molar-refractivity contribution in [2.45, 2.75) is 56.5 Å². The highest BCUT2D eigenvalue weighted by molar-refractivity contribution is 6.01. The molecule has 12 heteroatoms. The van der Waals surface area contributed by atoms with Crippen LogP contribution in [0.3, 0.4) is 0 Å². The van der Waals surface area contributed by atoms with Crippen molar-refractivity contribution < 1.29 is 32.5 Å². The number of alkyl halides is 1. The van der Waals surface area contributed by atoms with Gasteiger partial charge in [0, 0.05) is 37.8 Å². The molecular weight excluding hydrogens is 587 g/mol. The number of anilines is 1. The highest BCUT2D eigenvalue weighted by Crippen LogP contribution is 2.42. The second kappa shape index (κ2) is 11.0. The summed E-state index contributed by atoms with van der Waals surface area (Å²) in [5.74, 6) is -0.779. The van der Waals surface area contributed by atoms with Gasteiger partial charge in [-0.05, 0) is 60.3 Å². The van der Waals surface area contributed by atoms with Crippen molar-refractivity contribution in [2.75, 3.05) is 50.9 Å². The maximum atomic E-state index is 16.8. The van der Waals surface area contributed by atoms with E-state index in [9.17, 15) is 13.9 Å². The van der Waals surface area contributed by atoms with E-state index in [1.807, 2.05) is 11.8 Å². The van der Waals surface area contributed by atoms with Gasteiger partial charge in [0.05, 0.1) is 36.3 Å². The molecule has 8 rings (SSSR count). The molecule has 4 aliphatic rings. The molecule has 4 saturated heterocycles. The number of benzene rings is 2. The number of fused-ring (bicyclic) bond motifs is 5. The van der Waals surface area contributed by atoms with Gasteiger partial charge in [-0.25, -0.2) is 13.2 Å². The molecule has 9 nitrogen and oxygen atoms in total. The molecule has 4 atom stereocenters. The predicted octanol–water partition coefficient (Wildman–Crippen LogP) is 4.95. The summed E-state index contributed by atoms with van der Waals surface area (Å²) in [6, 6.07) is 5.83. The molecule has 2 aromatic heterocycles.